The number of hydrogen-bond donors (Lipinski definition) is 0. The molecular weight excluding hydrogens is 302 g/mol. The van der Waals surface area contributed by atoms with E-state index in [1.807, 2.05) is 18.2 Å². The molecule has 4 rings (SSSR count). The van der Waals surface area contributed by atoms with Crippen LogP contribution >= 0.6 is 0 Å². The highest BCUT2D eigenvalue weighted by atomic mass is 15.2. The highest BCUT2D eigenvalue weighted by Gasteiger charge is 2.24. The summed E-state index contributed by atoms with van der Waals surface area (Å²) in [5.41, 5.74) is 5.16. The summed E-state index contributed by atoms with van der Waals surface area (Å²) in [6.45, 7) is 0.895. The summed E-state index contributed by atoms with van der Waals surface area (Å²) in [6.07, 6.45) is 2.17. The standard InChI is InChI=1S/C24H21N/c1-3-9-20(10-4-1)15-17-23-18-16-22-13-7-8-14-24(22)25(23)19-21-11-5-2-6-12-21/h1-14,23H,16,18-19H2. The summed E-state index contributed by atoms with van der Waals surface area (Å²) in [4.78, 5) is 2.46. The fourth-order valence-electron chi connectivity index (χ4n) is 3.43. The van der Waals surface area contributed by atoms with Crippen LogP contribution in [0.25, 0.3) is 0 Å². The molecule has 0 fully saturated rings. The number of benzene rings is 3. The highest BCUT2D eigenvalue weighted by molar-refractivity contribution is 5.58. The van der Waals surface area contributed by atoms with Gasteiger partial charge in [-0.3, -0.25) is 0 Å². The molecule has 1 heterocycles. The number of nitrogens with zero attached hydrogens (tertiary/aromatic N) is 1. The predicted octanol–water partition coefficient (Wildman–Crippen LogP) is 5.06. The van der Waals surface area contributed by atoms with Crippen LogP contribution in [0, 0.1) is 11.8 Å². The van der Waals surface area contributed by atoms with Crippen LogP contribution in [0.15, 0.2) is 84.9 Å². The SMILES string of the molecule is C(#CC1CCc2ccccc2N1Cc1ccccc1)c1ccccc1. The summed E-state index contributed by atoms with van der Waals surface area (Å²) < 4.78 is 0. The van der Waals surface area contributed by atoms with Gasteiger partial charge < -0.3 is 4.90 Å². The molecule has 1 heteroatoms. The fraction of sp³-hybridized carbons (Fsp3) is 0.167. The van der Waals surface area contributed by atoms with E-state index in [9.17, 15) is 0 Å². The molecule has 0 aliphatic carbocycles. The van der Waals surface area contributed by atoms with Gasteiger partial charge in [-0.1, -0.05) is 78.6 Å². The van der Waals surface area contributed by atoms with Crippen molar-refractivity contribution in [1.29, 1.82) is 0 Å². The topological polar surface area (TPSA) is 3.24 Å². The average Bonchev–Trinajstić information content (AvgIpc) is 2.69. The molecular formula is C24H21N. The molecule has 0 bridgehead atoms. The summed E-state index contributed by atoms with van der Waals surface area (Å²) in [5, 5.41) is 0. The fourth-order valence-corrected chi connectivity index (χ4v) is 3.43. The second-order valence-corrected chi connectivity index (χ2v) is 6.43. The predicted molar refractivity (Wildman–Crippen MR) is 104 cm³/mol. The van der Waals surface area contributed by atoms with Gasteiger partial charge in [-0.05, 0) is 42.2 Å². The molecule has 1 atom stereocenters. The van der Waals surface area contributed by atoms with Crippen LogP contribution in [-0.4, -0.2) is 6.04 Å². The number of para-hydroxylation sites is 1. The monoisotopic (exact) mass is 323 g/mol. The van der Waals surface area contributed by atoms with E-state index in [1.54, 1.807) is 0 Å². The van der Waals surface area contributed by atoms with Crippen LogP contribution in [-0.2, 0) is 13.0 Å². The van der Waals surface area contributed by atoms with Gasteiger partial charge in [-0.15, -0.1) is 0 Å². The van der Waals surface area contributed by atoms with E-state index in [-0.39, 0.29) is 6.04 Å². The molecule has 3 aromatic carbocycles. The molecule has 3 aromatic rings. The van der Waals surface area contributed by atoms with E-state index in [1.165, 1.54) is 16.8 Å². The van der Waals surface area contributed by atoms with Crippen molar-refractivity contribution in [2.75, 3.05) is 4.90 Å². The Bertz CT molecular complexity index is 887. The van der Waals surface area contributed by atoms with Gasteiger partial charge in [-0.25, -0.2) is 0 Å². The number of aryl methyl sites for hydroxylation is 1. The Hall–Kier alpha value is -2.98. The first-order valence-corrected chi connectivity index (χ1v) is 8.85. The van der Waals surface area contributed by atoms with E-state index in [4.69, 9.17) is 0 Å². The third-order valence-electron chi connectivity index (χ3n) is 4.72. The molecule has 1 aliphatic rings. The van der Waals surface area contributed by atoms with E-state index in [2.05, 4.69) is 83.5 Å². The molecule has 0 spiro atoms. The maximum Gasteiger partial charge on any atom is 0.0914 e. The zero-order valence-corrected chi connectivity index (χ0v) is 14.2. The van der Waals surface area contributed by atoms with Crippen LogP contribution < -0.4 is 4.90 Å². The number of rotatable bonds is 2. The van der Waals surface area contributed by atoms with Crippen molar-refractivity contribution >= 4 is 5.69 Å². The minimum Gasteiger partial charge on any atom is -0.353 e. The lowest BCUT2D eigenvalue weighted by Gasteiger charge is -2.36. The Morgan fingerprint density at radius 2 is 1.48 bits per heavy atom. The van der Waals surface area contributed by atoms with Crippen molar-refractivity contribution in [3.05, 3.63) is 102 Å². The third-order valence-corrected chi connectivity index (χ3v) is 4.72. The third kappa shape index (κ3) is 3.59. The van der Waals surface area contributed by atoms with Crippen molar-refractivity contribution in [2.45, 2.75) is 25.4 Å². The second-order valence-electron chi connectivity index (χ2n) is 6.43. The van der Waals surface area contributed by atoms with Crippen molar-refractivity contribution in [3.63, 3.8) is 0 Å². The number of anilines is 1. The van der Waals surface area contributed by atoms with Crippen LogP contribution in [0.4, 0.5) is 5.69 Å². The van der Waals surface area contributed by atoms with Gasteiger partial charge in [-0.2, -0.15) is 0 Å². The maximum atomic E-state index is 3.53. The first-order valence-electron chi connectivity index (χ1n) is 8.85. The van der Waals surface area contributed by atoms with E-state index in [0.29, 0.717) is 0 Å². The molecule has 1 nitrogen and oxygen atoms in total. The second kappa shape index (κ2) is 7.28. The van der Waals surface area contributed by atoms with E-state index in [0.717, 1.165) is 24.9 Å². The lowest BCUT2D eigenvalue weighted by molar-refractivity contribution is 0.615. The van der Waals surface area contributed by atoms with Crippen molar-refractivity contribution in [2.24, 2.45) is 0 Å². The zero-order valence-electron chi connectivity index (χ0n) is 14.2. The minimum atomic E-state index is 0.246. The molecule has 0 radical (unpaired) electrons. The lowest BCUT2D eigenvalue weighted by Crippen LogP contribution is -2.38. The van der Waals surface area contributed by atoms with Gasteiger partial charge in [0.2, 0.25) is 0 Å². The van der Waals surface area contributed by atoms with Crippen LogP contribution in [0.5, 0.6) is 0 Å². The molecule has 0 N–H and O–H groups in total. The van der Waals surface area contributed by atoms with Crippen LogP contribution in [0.3, 0.4) is 0 Å². The highest BCUT2D eigenvalue weighted by Crippen LogP contribution is 2.31. The van der Waals surface area contributed by atoms with Crippen molar-refractivity contribution in [1.82, 2.24) is 0 Å². The zero-order chi connectivity index (χ0) is 16.9. The summed E-state index contributed by atoms with van der Waals surface area (Å²) in [5.74, 6) is 6.89. The molecule has 0 saturated heterocycles. The van der Waals surface area contributed by atoms with Gasteiger partial charge in [0.15, 0.2) is 0 Å². The van der Waals surface area contributed by atoms with Gasteiger partial charge in [0.05, 0.1) is 6.04 Å². The first kappa shape index (κ1) is 15.5. The van der Waals surface area contributed by atoms with Gasteiger partial charge >= 0.3 is 0 Å². The normalized spacial score (nSPS) is 15.8. The minimum absolute atomic E-state index is 0.246. The van der Waals surface area contributed by atoms with Crippen LogP contribution in [0.1, 0.15) is 23.1 Å². The molecule has 122 valence electrons. The molecule has 1 aliphatic heterocycles. The number of hydrogen-bond acceptors (Lipinski definition) is 1. The Morgan fingerprint density at radius 1 is 0.800 bits per heavy atom. The summed E-state index contributed by atoms with van der Waals surface area (Å²) in [6, 6.07) is 29.9. The maximum absolute atomic E-state index is 3.53. The van der Waals surface area contributed by atoms with E-state index >= 15 is 0 Å². The first-order chi connectivity index (χ1) is 12.4. The summed E-state index contributed by atoms with van der Waals surface area (Å²) >= 11 is 0. The van der Waals surface area contributed by atoms with Gasteiger partial charge in [0.1, 0.15) is 0 Å². The summed E-state index contributed by atoms with van der Waals surface area (Å²) in [7, 11) is 0. The van der Waals surface area contributed by atoms with Crippen molar-refractivity contribution < 1.29 is 0 Å². The molecule has 0 aromatic heterocycles. The van der Waals surface area contributed by atoms with Gasteiger partial charge in [0, 0.05) is 17.8 Å². The molecule has 0 saturated carbocycles. The largest absolute Gasteiger partial charge is 0.353 e. The Labute approximate surface area is 149 Å². The Balaban J connectivity index is 1.67. The molecule has 0 amide bonds. The Kier molecular flexibility index (Phi) is 4.53. The van der Waals surface area contributed by atoms with Gasteiger partial charge in [0.25, 0.3) is 0 Å². The lowest BCUT2D eigenvalue weighted by atomic mass is 9.95. The van der Waals surface area contributed by atoms with Crippen LogP contribution in [0.2, 0.25) is 0 Å². The van der Waals surface area contributed by atoms with E-state index < -0.39 is 0 Å². The Morgan fingerprint density at radius 3 is 2.28 bits per heavy atom. The average molecular weight is 323 g/mol. The van der Waals surface area contributed by atoms with Crippen molar-refractivity contribution in [3.8, 4) is 11.8 Å². The number of fused-ring (bicyclic) bond motifs is 1. The molecule has 1 unspecified atom stereocenters. The smallest absolute Gasteiger partial charge is 0.0914 e. The molecule has 25 heavy (non-hydrogen) atoms. The quantitative estimate of drug-likeness (QED) is 0.596.